The van der Waals surface area contributed by atoms with Gasteiger partial charge in [-0.3, -0.25) is 0 Å². The number of aromatic carboxylic acids is 1. The molecule has 1 aromatic heterocycles. The van der Waals surface area contributed by atoms with Crippen LogP contribution in [0.4, 0.5) is 0 Å². The summed E-state index contributed by atoms with van der Waals surface area (Å²) in [6, 6.07) is 7.17. The van der Waals surface area contributed by atoms with Gasteiger partial charge in [0.05, 0.1) is 11.3 Å². The molecule has 100 valence electrons. The van der Waals surface area contributed by atoms with Crippen LogP contribution in [0.2, 0.25) is 0 Å². The van der Waals surface area contributed by atoms with E-state index in [9.17, 15) is 4.79 Å². The Morgan fingerprint density at radius 3 is 2.95 bits per heavy atom. The zero-order chi connectivity index (χ0) is 13.8. The molecule has 1 N–H and O–H groups in total. The molecule has 0 fully saturated rings. The van der Waals surface area contributed by atoms with Crippen LogP contribution in [0.1, 0.15) is 36.1 Å². The van der Waals surface area contributed by atoms with E-state index >= 15 is 0 Å². The molecular formula is C13H15N3O2S. The highest BCUT2D eigenvalue weighted by atomic mass is 32.2. The molecule has 6 heteroatoms. The molecule has 2 rings (SSSR count). The van der Waals surface area contributed by atoms with Gasteiger partial charge in [0.1, 0.15) is 12.2 Å². The monoisotopic (exact) mass is 277 g/mol. The summed E-state index contributed by atoms with van der Waals surface area (Å²) in [4.78, 5) is 16.0. The zero-order valence-corrected chi connectivity index (χ0v) is 11.6. The highest BCUT2D eigenvalue weighted by Gasteiger charge is 2.09. The molecule has 2 aromatic rings. The average molecular weight is 277 g/mol. The third-order valence-corrected chi connectivity index (χ3v) is 3.58. The molecule has 0 aliphatic rings. The Labute approximate surface area is 115 Å². The molecule has 0 saturated carbocycles. The molecular weight excluding hydrogens is 262 g/mol. The van der Waals surface area contributed by atoms with E-state index in [0.29, 0.717) is 11.3 Å². The summed E-state index contributed by atoms with van der Waals surface area (Å²) >= 11 is 1.55. The molecule has 1 aromatic carbocycles. The molecule has 0 atom stereocenters. The molecule has 19 heavy (non-hydrogen) atoms. The minimum atomic E-state index is -0.909. The van der Waals surface area contributed by atoms with Gasteiger partial charge >= 0.3 is 5.97 Å². The molecule has 0 aliphatic carbocycles. The van der Waals surface area contributed by atoms with Gasteiger partial charge in [0.2, 0.25) is 0 Å². The average Bonchev–Trinajstić information content (AvgIpc) is 2.85. The summed E-state index contributed by atoms with van der Waals surface area (Å²) in [5.74, 6) is 0.648. The third-order valence-electron chi connectivity index (χ3n) is 2.59. The SMILES string of the molecule is CC(C)n1ncnc1CSc1cccc(C(=O)O)c1. The van der Waals surface area contributed by atoms with Crippen LogP contribution >= 0.6 is 11.8 Å². The van der Waals surface area contributed by atoms with Gasteiger partial charge in [-0.2, -0.15) is 5.10 Å². The van der Waals surface area contributed by atoms with E-state index in [-0.39, 0.29) is 6.04 Å². The van der Waals surface area contributed by atoms with Gasteiger partial charge in [-0.15, -0.1) is 11.8 Å². The van der Waals surface area contributed by atoms with Crippen LogP contribution in [-0.4, -0.2) is 25.8 Å². The molecule has 0 unspecified atom stereocenters. The number of nitrogens with zero attached hydrogens (tertiary/aromatic N) is 3. The topological polar surface area (TPSA) is 68.0 Å². The lowest BCUT2D eigenvalue weighted by atomic mass is 10.2. The lowest BCUT2D eigenvalue weighted by molar-refractivity contribution is 0.0696. The van der Waals surface area contributed by atoms with Crippen molar-refractivity contribution in [3.05, 3.63) is 42.0 Å². The quantitative estimate of drug-likeness (QED) is 0.851. The number of rotatable bonds is 5. The highest BCUT2D eigenvalue weighted by molar-refractivity contribution is 7.98. The van der Waals surface area contributed by atoms with Crippen molar-refractivity contribution in [3.8, 4) is 0 Å². The van der Waals surface area contributed by atoms with E-state index in [1.807, 2.05) is 24.6 Å². The second-order valence-electron chi connectivity index (χ2n) is 4.34. The largest absolute Gasteiger partial charge is 0.478 e. The third kappa shape index (κ3) is 3.35. The van der Waals surface area contributed by atoms with Gasteiger partial charge < -0.3 is 5.11 Å². The molecule has 0 saturated heterocycles. The number of carboxylic acids is 1. The van der Waals surface area contributed by atoms with E-state index in [2.05, 4.69) is 10.1 Å². The van der Waals surface area contributed by atoms with Crippen molar-refractivity contribution in [3.63, 3.8) is 0 Å². The fraction of sp³-hybridized carbons (Fsp3) is 0.308. The standard InChI is InChI=1S/C13H15N3O2S/c1-9(2)16-12(14-8-15-16)7-19-11-5-3-4-10(6-11)13(17)18/h3-6,8-9H,7H2,1-2H3,(H,17,18). The van der Waals surface area contributed by atoms with Crippen molar-refractivity contribution in [2.24, 2.45) is 0 Å². The Balaban J connectivity index is 2.08. The Bertz CT molecular complexity index is 581. The molecule has 0 aliphatic heterocycles. The van der Waals surface area contributed by atoms with Crippen molar-refractivity contribution in [1.82, 2.24) is 14.8 Å². The lowest BCUT2D eigenvalue weighted by Gasteiger charge is -2.09. The van der Waals surface area contributed by atoms with Crippen molar-refractivity contribution >= 4 is 17.7 Å². The number of benzene rings is 1. The zero-order valence-electron chi connectivity index (χ0n) is 10.8. The maximum absolute atomic E-state index is 10.9. The van der Waals surface area contributed by atoms with Crippen LogP contribution in [0.5, 0.6) is 0 Å². The molecule has 0 radical (unpaired) electrons. The first-order chi connectivity index (χ1) is 9.08. The summed E-state index contributed by atoms with van der Waals surface area (Å²) in [7, 11) is 0. The predicted octanol–water partition coefficient (Wildman–Crippen LogP) is 2.85. The molecule has 0 bridgehead atoms. The van der Waals surface area contributed by atoms with Crippen LogP contribution in [0, 0.1) is 0 Å². The minimum Gasteiger partial charge on any atom is -0.478 e. The Morgan fingerprint density at radius 1 is 1.47 bits per heavy atom. The maximum atomic E-state index is 10.9. The van der Waals surface area contributed by atoms with Gasteiger partial charge in [-0.25, -0.2) is 14.5 Å². The highest BCUT2D eigenvalue weighted by Crippen LogP contribution is 2.23. The van der Waals surface area contributed by atoms with E-state index in [0.717, 1.165) is 10.7 Å². The molecule has 1 heterocycles. The molecule has 0 spiro atoms. The van der Waals surface area contributed by atoms with Crippen molar-refractivity contribution in [2.45, 2.75) is 30.5 Å². The lowest BCUT2D eigenvalue weighted by Crippen LogP contribution is -2.07. The van der Waals surface area contributed by atoms with E-state index in [1.54, 1.807) is 36.3 Å². The number of hydrogen-bond donors (Lipinski definition) is 1. The first kappa shape index (κ1) is 13.6. The smallest absolute Gasteiger partial charge is 0.335 e. The van der Waals surface area contributed by atoms with Gasteiger partial charge in [-0.05, 0) is 32.0 Å². The van der Waals surface area contributed by atoms with E-state index < -0.39 is 5.97 Å². The molecule has 0 amide bonds. The predicted molar refractivity (Wildman–Crippen MR) is 73.4 cm³/mol. The van der Waals surface area contributed by atoms with Crippen molar-refractivity contribution in [2.75, 3.05) is 0 Å². The summed E-state index contributed by atoms with van der Waals surface area (Å²) in [5.41, 5.74) is 0.301. The Hall–Kier alpha value is -1.82. The number of carboxylic acid groups (broad SMARTS) is 1. The number of aromatic nitrogens is 3. The second kappa shape index (κ2) is 5.88. The van der Waals surface area contributed by atoms with Crippen LogP contribution in [0.15, 0.2) is 35.5 Å². The van der Waals surface area contributed by atoms with Gasteiger partial charge in [-0.1, -0.05) is 6.07 Å². The fourth-order valence-electron chi connectivity index (χ4n) is 1.68. The van der Waals surface area contributed by atoms with E-state index in [1.165, 1.54) is 0 Å². The number of thioether (sulfide) groups is 1. The number of hydrogen-bond acceptors (Lipinski definition) is 4. The van der Waals surface area contributed by atoms with E-state index in [4.69, 9.17) is 5.11 Å². The first-order valence-electron chi connectivity index (χ1n) is 5.92. The van der Waals surface area contributed by atoms with Gasteiger partial charge in [0, 0.05) is 10.9 Å². The van der Waals surface area contributed by atoms with Crippen LogP contribution in [0.3, 0.4) is 0 Å². The van der Waals surface area contributed by atoms with Gasteiger partial charge in [0.25, 0.3) is 0 Å². The summed E-state index contributed by atoms with van der Waals surface area (Å²) in [5, 5.41) is 13.1. The fourth-order valence-corrected chi connectivity index (χ4v) is 2.56. The summed E-state index contributed by atoms with van der Waals surface area (Å²) < 4.78 is 1.87. The van der Waals surface area contributed by atoms with Gasteiger partial charge in [0.15, 0.2) is 0 Å². The summed E-state index contributed by atoms with van der Waals surface area (Å²) in [6.45, 7) is 4.10. The van der Waals surface area contributed by atoms with Crippen molar-refractivity contribution < 1.29 is 9.90 Å². The second-order valence-corrected chi connectivity index (χ2v) is 5.38. The van der Waals surface area contributed by atoms with Crippen LogP contribution in [0.25, 0.3) is 0 Å². The summed E-state index contributed by atoms with van der Waals surface area (Å²) in [6.07, 6.45) is 1.55. The van der Waals surface area contributed by atoms with Crippen LogP contribution in [-0.2, 0) is 5.75 Å². The molecule has 5 nitrogen and oxygen atoms in total. The minimum absolute atomic E-state index is 0.267. The Morgan fingerprint density at radius 2 is 2.26 bits per heavy atom. The first-order valence-corrected chi connectivity index (χ1v) is 6.91. The van der Waals surface area contributed by atoms with Crippen molar-refractivity contribution in [1.29, 1.82) is 0 Å². The van der Waals surface area contributed by atoms with Crippen LogP contribution < -0.4 is 0 Å². The number of carbonyl (C=O) groups is 1. The Kier molecular flexibility index (Phi) is 4.21. The normalized spacial score (nSPS) is 10.9. The maximum Gasteiger partial charge on any atom is 0.335 e.